The fraction of sp³-hybridized carbons (Fsp3) is 0.615. The number of carbonyl (C=O) groups is 1. The standard InChI is InChI=1S/C13H20BrN3O3/c1-16-8-10(14)7-11(16)9-17(2)13(18)15-20-12-5-3-4-6-19-12/h7-8,12H,3-6,9H2,1-2H3,(H,15,18)/t12-/m1/s1. The van der Waals surface area contributed by atoms with Gasteiger partial charge in [-0.2, -0.15) is 0 Å². The quantitative estimate of drug-likeness (QED) is 0.852. The molecule has 0 saturated carbocycles. The molecule has 0 aliphatic carbocycles. The molecule has 0 radical (unpaired) electrons. The fourth-order valence-electron chi connectivity index (χ4n) is 2.04. The molecule has 2 heterocycles. The summed E-state index contributed by atoms with van der Waals surface area (Å²) < 4.78 is 8.35. The molecule has 0 bridgehead atoms. The van der Waals surface area contributed by atoms with Crippen molar-refractivity contribution in [2.75, 3.05) is 13.7 Å². The maximum Gasteiger partial charge on any atom is 0.341 e. The smallest absolute Gasteiger partial charge is 0.341 e. The second-order valence-corrected chi connectivity index (χ2v) is 5.85. The molecule has 1 aromatic rings. The van der Waals surface area contributed by atoms with Gasteiger partial charge in [-0.15, -0.1) is 0 Å². The van der Waals surface area contributed by atoms with Crippen molar-refractivity contribution in [1.82, 2.24) is 14.9 Å². The zero-order chi connectivity index (χ0) is 14.5. The predicted molar refractivity (Wildman–Crippen MR) is 77.8 cm³/mol. The number of hydrogen-bond donors (Lipinski definition) is 1. The van der Waals surface area contributed by atoms with Gasteiger partial charge in [0.15, 0.2) is 6.29 Å². The molecule has 0 unspecified atom stereocenters. The minimum Gasteiger partial charge on any atom is -0.352 e. The van der Waals surface area contributed by atoms with E-state index in [0.717, 1.165) is 29.4 Å². The second kappa shape index (κ2) is 7.10. The highest BCUT2D eigenvalue weighted by Gasteiger charge is 2.17. The molecule has 1 saturated heterocycles. The Morgan fingerprint density at radius 3 is 3.05 bits per heavy atom. The number of nitrogens with zero attached hydrogens (tertiary/aromatic N) is 2. The van der Waals surface area contributed by atoms with E-state index in [0.29, 0.717) is 13.2 Å². The molecular weight excluding hydrogens is 326 g/mol. The minimum absolute atomic E-state index is 0.281. The summed E-state index contributed by atoms with van der Waals surface area (Å²) in [6, 6.07) is 1.70. The van der Waals surface area contributed by atoms with E-state index in [2.05, 4.69) is 21.4 Å². The Bertz CT molecular complexity index is 458. The number of hydroxylamine groups is 1. The van der Waals surface area contributed by atoms with Crippen molar-refractivity contribution >= 4 is 22.0 Å². The molecule has 112 valence electrons. The highest BCUT2D eigenvalue weighted by atomic mass is 79.9. The number of aromatic nitrogens is 1. The molecule has 0 aromatic carbocycles. The second-order valence-electron chi connectivity index (χ2n) is 4.94. The topological polar surface area (TPSA) is 55.7 Å². The minimum atomic E-state index is -0.328. The van der Waals surface area contributed by atoms with E-state index in [4.69, 9.17) is 9.57 Å². The molecular formula is C13H20BrN3O3. The van der Waals surface area contributed by atoms with Crippen molar-refractivity contribution in [1.29, 1.82) is 0 Å². The SMILES string of the molecule is CN(Cc1cc(Br)cn1C)C(=O)NO[C@@H]1CCCCO1. The zero-order valence-electron chi connectivity index (χ0n) is 11.8. The molecule has 1 N–H and O–H groups in total. The van der Waals surface area contributed by atoms with Gasteiger partial charge in [0.05, 0.1) is 6.54 Å². The summed E-state index contributed by atoms with van der Waals surface area (Å²) in [6.07, 6.45) is 4.55. The fourth-order valence-corrected chi connectivity index (χ4v) is 2.61. The third kappa shape index (κ3) is 4.22. The number of carbonyl (C=O) groups excluding carboxylic acids is 1. The van der Waals surface area contributed by atoms with Crippen LogP contribution in [0.1, 0.15) is 25.0 Å². The Balaban J connectivity index is 1.78. The van der Waals surface area contributed by atoms with Crippen LogP contribution in [0.25, 0.3) is 0 Å². The van der Waals surface area contributed by atoms with Gasteiger partial charge in [-0.3, -0.25) is 0 Å². The zero-order valence-corrected chi connectivity index (χ0v) is 13.4. The van der Waals surface area contributed by atoms with E-state index < -0.39 is 0 Å². The highest BCUT2D eigenvalue weighted by molar-refractivity contribution is 9.10. The molecule has 1 aliphatic heterocycles. The van der Waals surface area contributed by atoms with E-state index in [1.165, 1.54) is 0 Å². The molecule has 1 aliphatic rings. The van der Waals surface area contributed by atoms with E-state index in [9.17, 15) is 4.79 Å². The van der Waals surface area contributed by atoms with Gasteiger partial charge in [0, 0.05) is 43.5 Å². The third-order valence-electron chi connectivity index (χ3n) is 3.24. The van der Waals surface area contributed by atoms with Crippen LogP contribution in [-0.2, 0) is 23.2 Å². The van der Waals surface area contributed by atoms with E-state index in [-0.39, 0.29) is 12.3 Å². The van der Waals surface area contributed by atoms with Crippen LogP contribution in [0.5, 0.6) is 0 Å². The highest BCUT2D eigenvalue weighted by Crippen LogP contribution is 2.15. The Kier molecular flexibility index (Phi) is 5.45. The van der Waals surface area contributed by atoms with Crippen molar-refractivity contribution in [3.63, 3.8) is 0 Å². The van der Waals surface area contributed by atoms with Crippen LogP contribution in [0.2, 0.25) is 0 Å². The Hall–Kier alpha value is -1.05. The molecule has 1 fully saturated rings. The summed E-state index contributed by atoms with van der Waals surface area (Å²) in [4.78, 5) is 18.7. The summed E-state index contributed by atoms with van der Waals surface area (Å²) in [5.41, 5.74) is 3.47. The molecule has 1 aromatic heterocycles. The number of halogens is 1. The molecule has 6 nitrogen and oxygen atoms in total. The van der Waals surface area contributed by atoms with Crippen LogP contribution in [-0.4, -0.2) is 35.4 Å². The molecule has 0 spiro atoms. The largest absolute Gasteiger partial charge is 0.352 e. The van der Waals surface area contributed by atoms with Crippen LogP contribution in [0.15, 0.2) is 16.7 Å². The number of rotatable bonds is 4. The van der Waals surface area contributed by atoms with Crippen LogP contribution in [0, 0.1) is 0 Å². The van der Waals surface area contributed by atoms with E-state index >= 15 is 0 Å². The van der Waals surface area contributed by atoms with Crippen LogP contribution in [0.4, 0.5) is 4.79 Å². The summed E-state index contributed by atoms with van der Waals surface area (Å²) in [7, 11) is 3.67. The first kappa shape index (κ1) is 15.3. The lowest BCUT2D eigenvalue weighted by molar-refractivity contribution is -0.187. The first-order valence-electron chi connectivity index (χ1n) is 6.65. The molecule has 7 heteroatoms. The maximum absolute atomic E-state index is 11.9. The average molecular weight is 346 g/mol. The molecule has 2 amide bonds. The van der Waals surface area contributed by atoms with Crippen molar-refractivity contribution in [3.05, 3.63) is 22.4 Å². The number of urea groups is 1. The van der Waals surface area contributed by atoms with Crippen LogP contribution < -0.4 is 5.48 Å². The van der Waals surface area contributed by atoms with E-state index in [1.54, 1.807) is 11.9 Å². The molecule has 20 heavy (non-hydrogen) atoms. The summed E-state index contributed by atoms with van der Waals surface area (Å²) >= 11 is 3.41. The number of ether oxygens (including phenoxy) is 1. The first-order chi connectivity index (χ1) is 9.56. The number of aryl methyl sites for hydroxylation is 1. The lowest BCUT2D eigenvalue weighted by Gasteiger charge is -2.24. The van der Waals surface area contributed by atoms with Crippen molar-refractivity contribution in [2.45, 2.75) is 32.1 Å². The van der Waals surface area contributed by atoms with Gasteiger partial charge < -0.3 is 14.2 Å². The first-order valence-corrected chi connectivity index (χ1v) is 7.44. The van der Waals surface area contributed by atoms with Gasteiger partial charge in [0.2, 0.25) is 0 Å². The Labute approximate surface area is 127 Å². The van der Waals surface area contributed by atoms with Crippen molar-refractivity contribution in [3.8, 4) is 0 Å². The lowest BCUT2D eigenvalue weighted by atomic mass is 10.2. The summed E-state index contributed by atoms with van der Waals surface area (Å²) in [5, 5.41) is 0. The normalized spacial score (nSPS) is 18.9. The maximum atomic E-state index is 11.9. The van der Waals surface area contributed by atoms with Crippen LogP contribution >= 0.6 is 15.9 Å². The van der Waals surface area contributed by atoms with Gasteiger partial charge in [-0.25, -0.2) is 15.1 Å². The van der Waals surface area contributed by atoms with Crippen molar-refractivity contribution < 1.29 is 14.4 Å². The van der Waals surface area contributed by atoms with Crippen LogP contribution in [0.3, 0.4) is 0 Å². The van der Waals surface area contributed by atoms with E-state index in [1.807, 2.05) is 23.9 Å². The molecule has 1 atom stereocenters. The number of hydrogen-bond acceptors (Lipinski definition) is 3. The lowest BCUT2D eigenvalue weighted by Crippen LogP contribution is -2.40. The predicted octanol–water partition coefficient (Wildman–Crippen LogP) is 2.39. The monoisotopic (exact) mass is 345 g/mol. The van der Waals surface area contributed by atoms with Gasteiger partial charge in [-0.1, -0.05) is 0 Å². The third-order valence-corrected chi connectivity index (χ3v) is 3.67. The van der Waals surface area contributed by atoms with Gasteiger partial charge in [0.25, 0.3) is 0 Å². The Morgan fingerprint density at radius 2 is 2.45 bits per heavy atom. The molecule has 2 rings (SSSR count). The average Bonchev–Trinajstić information content (AvgIpc) is 2.75. The van der Waals surface area contributed by atoms with Gasteiger partial charge in [-0.05, 0) is 34.8 Å². The Morgan fingerprint density at radius 1 is 1.65 bits per heavy atom. The number of amides is 2. The van der Waals surface area contributed by atoms with Crippen molar-refractivity contribution in [2.24, 2.45) is 7.05 Å². The number of nitrogens with one attached hydrogen (secondary N) is 1. The summed E-state index contributed by atoms with van der Waals surface area (Å²) in [6.45, 7) is 1.19. The summed E-state index contributed by atoms with van der Waals surface area (Å²) in [5.74, 6) is 0. The van der Waals surface area contributed by atoms with Gasteiger partial charge >= 0.3 is 6.03 Å². The van der Waals surface area contributed by atoms with Gasteiger partial charge in [0.1, 0.15) is 0 Å².